The average molecular weight is 356 g/mol. The second-order valence-corrected chi connectivity index (χ2v) is 5.16. The molecule has 0 aliphatic carbocycles. The van der Waals surface area contributed by atoms with Crippen LogP contribution in [0.5, 0.6) is 0 Å². The van der Waals surface area contributed by atoms with Gasteiger partial charge in [-0.2, -0.15) is 5.11 Å². The topological polar surface area (TPSA) is 80.1 Å². The first-order chi connectivity index (χ1) is 9.90. The van der Waals surface area contributed by atoms with Crippen molar-refractivity contribution in [2.75, 3.05) is 12.4 Å². The predicted molar refractivity (Wildman–Crippen MR) is 76.3 cm³/mol. The van der Waals surface area contributed by atoms with E-state index in [0.717, 1.165) is 0 Å². The summed E-state index contributed by atoms with van der Waals surface area (Å²) < 4.78 is 18.4. The number of nitrogens with zero attached hydrogens (tertiary/aromatic N) is 2. The number of esters is 1. The largest absolute Gasteiger partial charge is 0.467 e. The van der Waals surface area contributed by atoms with Gasteiger partial charge in [0.1, 0.15) is 10.3 Å². The number of hydrogen-bond acceptors (Lipinski definition) is 5. The lowest BCUT2D eigenvalue weighted by Crippen LogP contribution is -2.42. The first-order valence-corrected chi connectivity index (χ1v) is 6.67. The summed E-state index contributed by atoms with van der Waals surface area (Å²) >= 11 is 3.06. The Morgan fingerprint density at radius 3 is 2.71 bits per heavy atom. The molecule has 1 atom stereocenters. The number of methoxy groups -OCH3 is 1. The van der Waals surface area contributed by atoms with E-state index >= 15 is 0 Å². The number of nitrogens with one attached hydrogen (secondary N) is 1. The molecule has 0 aromatic heterocycles. The highest BCUT2D eigenvalue weighted by atomic mass is 79.9. The Morgan fingerprint density at radius 2 is 2.10 bits per heavy atom. The van der Waals surface area contributed by atoms with Crippen molar-refractivity contribution in [3.05, 3.63) is 40.3 Å². The van der Waals surface area contributed by atoms with E-state index < -0.39 is 23.2 Å². The Labute approximate surface area is 128 Å². The van der Waals surface area contributed by atoms with E-state index in [1.54, 1.807) is 6.07 Å². The van der Waals surface area contributed by atoms with Gasteiger partial charge in [0, 0.05) is 0 Å². The van der Waals surface area contributed by atoms with Crippen LogP contribution in [0.2, 0.25) is 0 Å². The maximum Gasteiger partial charge on any atom is 0.341 e. The number of carbonyl (C=O) groups is 2. The van der Waals surface area contributed by atoms with Crippen molar-refractivity contribution in [3.8, 4) is 0 Å². The number of para-hydroxylation sites is 1. The molecule has 0 saturated carbocycles. The van der Waals surface area contributed by atoms with Crippen LogP contribution in [0.25, 0.3) is 0 Å². The zero-order valence-electron chi connectivity index (χ0n) is 11.2. The minimum atomic E-state index is -1.57. The maximum atomic E-state index is 13.7. The molecular weight excluding hydrogens is 345 g/mol. The van der Waals surface area contributed by atoms with E-state index in [9.17, 15) is 14.0 Å². The van der Waals surface area contributed by atoms with E-state index in [1.807, 2.05) is 0 Å². The first kappa shape index (κ1) is 15.3. The molecule has 21 heavy (non-hydrogen) atoms. The van der Waals surface area contributed by atoms with Crippen LogP contribution in [-0.2, 0) is 14.3 Å². The number of azo groups is 1. The number of anilines is 1. The minimum Gasteiger partial charge on any atom is -0.467 e. The molecule has 1 aliphatic heterocycles. The number of hydrogen-bond donors (Lipinski definition) is 1. The Hall–Kier alpha value is -2.09. The molecule has 8 heteroatoms. The summed E-state index contributed by atoms with van der Waals surface area (Å²) in [6.45, 7) is 1.42. The third-order valence-electron chi connectivity index (χ3n) is 2.95. The second kappa shape index (κ2) is 5.72. The molecule has 0 spiro atoms. The Kier molecular flexibility index (Phi) is 4.17. The van der Waals surface area contributed by atoms with Gasteiger partial charge in [0.15, 0.2) is 0 Å². The Balaban J connectivity index is 2.50. The zero-order valence-corrected chi connectivity index (χ0v) is 12.8. The van der Waals surface area contributed by atoms with Crippen molar-refractivity contribution >= 4 is 33.5 Å². The van der Waals surface area contributed by atoms with Crippen LogP contribution in [0.1, 0.15) is 6.92 Å². The normalized spacial score (nSPS) is 21.4. The predicted octanol–water partition coefficient (Wildman–Crippen LogP) is 2.77. The summed E-state index contributed by atoms with van der Waals surface area (Å²) in [4.78, 5) is 23.6. The van der Waals surface area contributed by atoms with Gasteiger partial charge in [-0.3, -0.25) is 4.79 Å². The smallest absolute Gasteiger partial charge is 0.341 e. The van der Waals surface area contributed by atoms with Crippen LogP contribution in [0.3, 0.4) is 0 Å². The van der Waals surface area contributed by atoms with Crippen molar-refractivity contribution in [3.63, 3.8) is 0 Å². The van der Waals surface area contributed by atoms with Gasteiger partial charge in [0.2, 0.25) is 5.54 Å². The van der Waals surface area contributed by atoms with E-state index in [4.69, 9.17) is 0 Å². The van der Waals surface area contributed by atoms with E-state index in [2.05, 4.69) is 36.2 Å². The van der Waals surface area contributed by atoms with Gasteiger partial charge in [0.05, 0.1) is 18.5 Å². The number of benzene rings is 1. The average Bonchev–Trinajstić information content (AvgIpc) is 2.48. The monoisotopic (exact) mass is 355 g/mol. The molecule has 1 aromatic rings. The number of halogens is 2. The summed E-state index contributed by atoms with van der Waals surface area (Å²) in [6, 6.07) is 5.85. The summed E-state index contributed by atoms with van der Waals surface area (Å²) in [5.41, 5.74) is -1.40. The minimum absolute atomic E-state index is 0.00588. The summed E-state index contributed by atoms with van der Waals surface area (Å²) in [5, 5.41) is 9.81. The van der Waals surface area contributed by atoms with E-state index in [-0.39, 0.29) is 15.9 Å². The van der Waals surface area contributed by atoms with Crippen molar-refractivity contribution in [2.45, 2.75) is 12.5 Å². The molecule has 6 nitrogen and oxygen atoms in total. The zero-order chi connectivity index (χ0) is 15.6. The lowest BCUT2D eigenvalue weighted by atomic mass is 9.97. The SMILES string of the molecule is COC(=O)C1(C)N=NC(=O)C(Br)=C1Nc1ccccc1F. The van der Waals surface area contributed by atoms with Crippen molar-refractivity contribution in [2.24, 2.45) is 10.2 Å². The molecule has 2 rings (SSSR count). The summed E-state index contributed by atoms with van der Waals surface area (Å²) in [5.74, 6) is -1.93. The second-order valence-electron chi connectivity index (χ2n) is 4.36. The van der Waals surface area contributed by atoms with Gasteiger partial charge < -0.3 is 10.1 Å². The molecule has 1 aromatic carbocycles. The highest BCUT2D eigenvalue weighted by Crippen LogP contribution is 2.34. The molecule has 1 amide bonds. The fourth-order valence-corrected chi connectivity index (χ4v) is 2.34. The van der Waals surface area contributed by atoms with Crippen LogP contribution in [-0.4, -0.2) is 24.5 Å². The quantitative estimate of drug-likeness (QED) is 0.845. The number of amides is 1. The highest BCUT2D eigenvalue weighted by Gasteiger charge is 2.45. The molecular formula is C13H11BrFN3O3. The summed E-state index contributed by atoms with van der Waals surface area (Å²) in [6.07, 6.45) is 0. The first-order valence-electron chi connectivity index (χ1n) is 5.87. The van der Waals surface area contributed by atoms with Crippen molar-refractivity contribution in [1.82, 2.24) is 0 Å². The summed E-state index contributed by atoms with van der Waals surface area (Å²) in [7, 11) is 1.19. The fraction of sp³-hybridized carbons (Fsp3) is 0.231. The highest BCUT2D eigenvalue weighted by molar-refractivity contribution is 9.12. The van der Waals surface area contributed by atoms with Crippen LogP contribution in [0, 0.1) is 5.82 Å². The fourth-order valence-electron chi connectivity index (χ4n) is 1.78. The molecule has 1 unspecified atom stereocenters. The van der Waals surface area contributed by atoms with Crippen LogP contribution < -0.4 is 5.32 Å². The molecule has 0 radical (unpaired) electrons. The Morgan fingerprint density at radius 1 is 1.43 bits per heavy atom. The molecule has 1 aliphatic rings. The van der Waals surface area contributed by atoms with Gasteiger partial charge in [-0.1, -0.05) is 12.1 Å². The van der Waals surface area contributed by atoms with Gasteiger partial charge >= 0.3 is 11.9 Å². The van der Waals surface area contributed by atoms with Gasteiger partial charge in [-0.05, 0) is 35.0 Å². The maximum absolute atomic E-state index is 13.7. The van der Waals surface area contributed by atoms with E-state index in [0.29, 0.717) is 0 Å². The number of rotatable bonds is 3. The van der Waals surface area contributed by atoms with E-state index in [1.165, 1.54) is 32.2 Å². The molecule has 0 fully saturated rings. The van der Waals surface area contributed by atoms with Gasteiger partial charge in [0.25, 0.3) is 0 Å². The molecule has 110 valence electrons. The number of carbonyl (C=O) groups excluding carboxylic acids is 2. The van der Waals surface area contributed by atoms with Crippen LogP contribution >= 0.6 is 15.9 Å². The Bertz CT molecular complexity index is 674. The molecule has 0 saturated heterocycles. The molecule has 1 N–H and O–H groups in total. The third-order valence-corrected chi connectivity index (χ3v) is 3.69. The van der Waals surface area contributed by atoms with Gasteiger partial charge in [-0.25, -0.2) is 9.18 Å². The lowest BCUT2D eigenvalue weighted by molar-refractivity contribution is -0.145. The third kappa shape index (κ3) is 2.71. The van der Waals surface area contributed by atoms with Gasteiger partial charge in [-0.15, -0.1) is 5.11 Å². The molecule has 0 bridgehead atoms. The lowest BCUT2D eigenvalue weighted by Gasteiger charge is -2.28. The van der Waals surface area contributed by atoms with Crippen LogP contribution in [0.4, 0.5) is 10.1 Å². The standard InChI is InChI=1S/C13H11BrFN3O3/c1-13(12(20)21-2)10(9(14)11(19)17-18-13)16-8-6-4-3-5-7(8)15/h3-6,16H,1-2H3. The van der Waals surface area contributed by atoms with Crippen LogP contribution in [0.15, 0.2) is 44.7 Å². The van der Waals surface area contributed by atoms with Crippen molar-refractivity contribution < 1.29 is 18.7 Å². The van der Waals surface area contributed by atoms with Crippen molar-refractivity contribution in [1.29, 1.82) is 0 Å². The number of ether oxygens (including phenoxy) is 1. The molecule has 1 heterocycles.